The molecule has 1 unspecified atom stereocenters. The molecule has 0 spiro atoms. The molecule has 0 aliphatic carbocycles. The van der Waals surface area contributed by atoms with E-state index in [9.17, 15) is 0 Å². The van der Waals surface area contributed by atoms with Crippen molar-refractivity contribution in [2.24, 2.45) is 0 Å². The first-order valence-corrected chi connectivity index (χ1v) is 11.3. The topological polar surface area (TPSA) is 66.0 Å². The molecule has 1 aliphatic heterocycles. The van der Waals surface area contributed by atoms with E-state index in [-0.39, 0.29) is 6.23 Å². The van der Waals surface area contributed by atoms with E-state index >= 15 is 0 Å². The van der Waals surface area contributed by atoms with Gasteiger partial charge in [0.05, 0.1) is 16.9 Å². The zero-order valence-electron chi connectivity index (χ0n) is 17.1. The molecule has 0 amide bonds. The van der Waals surface area contributed by atoms with Gasteiger partial charge in [0.25, 0.3) is 0 Å². The minimum atomic E-state index is -0.0270. The standard InChI is InChI=1S/C25H24N4OS/c26-18-6-5-8-20(16-18)31-21-11-12-22-23(13-10-19-7-1-3-14-27-19)28-29(24(22)17-21)25-9-2-4-15-30-25/h1,3,5-8,10-14,16-17,25H,2,4,9,15,26H2. The number of rotatable bonds is 5. The molecule has 2 aromatic heterocycles. The summed E-state index contributed by atoms with van der Waals surface area (Å²) in [5.74, 6) is 0. The Morgan fingerprint density at radius 3 is 2.74 bits per heavy atom. The molecule has 1 aliphatic rings. The predicted molar refractivity (Wildman–Crippen MR) is 127 cm³/mol. The maximum absolute atomic E-state index is 6.06. The summed E-state index contributed by atoms with van der Waals surface area (Å²) >= 11 is 1.70. The highest BCUT2D eigenvalue weighted by Gasteiger charge is 2.20. The number of nitrogen functional groups attached to an aromatic ring is 1. The van der Waals surface area contributed by atoms with Crippen LogP contribution in [-0.2, 0) is 4.74 Å². The molecular weight excluding hydrogens is 404 g/mol. The number of anilines is 1. The van der Waals surface area contributed by atoms with E-state index in [2.05, 4.69) is 33.9 Å². The Labute approximate surface area is 185 Å². The highest BCUT2D eigenvalue weighted by Crippen LogP contribution is 2.34. The number of fused-ring (bicyclic) bond motifs is 1. The van der Waals surface area contributed by atoms with Crippen LogP contribution in [0.3, 0.4) is 0 Å². The first-order chi connectivity index (χ1) is 15.3. The van der Waals surface area contributed by atoms with E-state index in [1.54, 1.807) is 18.0 Å². The lowest BCUT2D eigenvalue weighted by atomic mass is 10.1. The molecule has 156 valence electrons. The molecule has 0 saturated carbocycles. The van der Waals surface area contributed by atoms with Crippen molar-refractivity contribution in [3.8, 4) is 0 Å². The molecule has 5 nitrogen and oxygen atoms in total. The maximum atomic E-state index is 6.06. The summed E-state index contributed by atoms with van der Waals surface area (Å²) in [4.78, 5) is 6.65. The fourth-order valence-electron chi connectivity index (χ4n) is 3.82. The van der Waals surface area contributed by atoms with Crippen LogP contribution in [0.15, 0.2) is 76.7 Å². The highest BCUT2D eigenvalue weighted by molar-refractivity contribution is 7.99. The monoisotopic (exact) mass is 428 g/mol. The van der Waals surface area contributed by atoms with E-state index in [1.165, 1.54) is 0 Å². The number of aromatic nitrogens is 3. The van der Waals surface area contributed by atoms with E-state index in [1.807, 2.05) is 48.6 Å². The van der Waals surface area contributed by atoms with Crippen LogP contribution in [-0.4, -0.2) is 21.4 Å². The van der Waals surface area contributed by atoms with Crippen molar-refractivity contribution in [3.05, 3.63) is 78.2 Å². The van der Waals surface area contributed by atoms with E-state index in [0.29, 0.717) is 0 Å². The first-order valence-electron chi connectivity index (χ1n) is 10.5. The number of hydrogen-bond acceptors (Lipinski definition) is 5. The van der Waals surface area contributed by atoms with Crippen LogP contribution in [0.4, 0.5) is 5.69 Å². The molecule has 0 bridgehead atoms. The fraction of sp³-hybridized carbons (Fsp3) is 0.200. The molecule has 1 atom stereocenters. The molecule has 1 saturated heterocycles. The zero-order chi connectivity index (χ0) is 21.0. The Morgan fingerprint density at radius 2 is 1.94 bits per heavy atom. The van der Waals surface area contributed by atoms with Crippen molar-refractivity contribution in [2.75, 3.05) is 12.3 Å². The fourth-order valence-corrected chi connectivity index (χ4v) is 4.74. The predicted octanol–water partition coefficient (Wildman–Crippen LogP) is 6.03. The van der Waals surface area contributed by atoms with Gasteiger partial charge in [0.2, 0.25) is 0 Å². The van der Waals surface area contributed by atoms with E-state index in [0.717, 1.165) is 63.6 Å². The van der Waals surface area contributed by atoms with E-state index in [4.69, 9.17) is 15.6 Å². The van der Waals surface area contributed by atoms with Crippen molar-refractivity contribution >= 4 is 40.5 Å². The smallest absolute Gasteiger partial charge is 0.150 e. The number of ether oxygens (including phenoxy) is 1. The summed E-state index contributed by atoms with van der Waals surface area (Å²) in [5.41, 5.74) is 9.65. The van der Waals surface area contributed by atoms with Gasteiger partial charge in [-0.05, 0) is 79.9 Å². The van der Waals surface area contributed by atoms with Gasteiger partial charge in [-0.2, -0.15) is 5.10 Å². The lowest BCUT2D eigenvalue weighted by molar-refractivity contribution is -0.0367. The number of hydrogen-bond donors (Lipinski definition) is 1. The third kappa shape index (κ3) is 4.50. The lowest BCUT2D eigenvalue weighted by Crippen LogP contribution is -2.19. The van der Waals surface area contributed by atoms with Gasteiger partial charge in [-0.15, -0.1) is 0 Å². The van der Waals surface area contributed by atoms with Crippen LogP contribution in [0.1, 0.15) is 36.9 Å². The average Bonchev–Trinajstić information content (AvgIpc) is 3.17. The second-order valence-corrected chi connectivity index (χ2v) is 8.74. The Balaban J connectivity index is 1.54. The van der Waals surface area contributed by atoms with Crippen LogP contribution in [0, 0.1) is 0 Å². The van der Waals surface area contributed by atoms with Crippen molar-refractivity contribution in [1.29, 1.82) is 0 Å². The summed E-state index contributed by atoms with van der Waals surface area (Å²) in [5, 5.41) is 6.05. The van der Waals surface area contributed by atoms with Gasteiger partial charge in [-0.1, -0.05) is 23.9 Å². The van der Waals surface area contributed by atoms with E-state index < -0.39 is 0 Å². The van der Waals surface area contributed by atoms with Crippen molar-refractivity contribution in [3.63, 3.8) is 0 Å². The third-order valence-electron chi connectivity index (χ3n) is 5.33. The quantitative estimate of drug-likeness (QED) is 0.393. The Hall–Kier alpha value is -3.09. The van der Waals surface area contributed by atoms with Gasteiger partial charge in [-0.25, -0.2) is 4.68 Å². The van der Waals surface area contributed by atoms with Gasteiger partial charge in [0, 0.05) is 33.7 Å². The molecule has 1 fully saturated rings. The number of nitrogens with two attached hydrogens (primary N) is 1. The van der Waals surface area contributed by atoms with Crippen molar-refractivity contribution in [1.82, 2.24) is 14.8 Å². The molecule has 5 rings (SSSR count). The number of pyridine rings is 1. The Kier molecular flexibility index (Phi) is 5.74. The lowest BCUT2D eigenvalue weighted by Gasteiger charge is -2.23. The van der Waals surface area contributed by atoms with Crippen LogP contribution in [0.5, 0.6) is 0 Å². The van der Waals surface area contributed by atoms with Crippen LogP contribution < -0.4 is 5.73 Å². The Bertz CT molecular complexity index is 1210. The molecule has 6 heteroatoms. The molecule has 3 heterocycles. The van der Waals surface area contributed by atoms with Gasteiger partial charge in [0.1, 0.15) is 0 Å². The number of nitrogens with zero attached hydrogens (tertiary/aromatic N) is 3. The summed E-state index contributed by atoms with van der Waals surface area (Å²) < 4.78 is 8.11. The number of benzene rings is 2. The van der Waals surface area contributed by atoms with Crippen LogP contribution >= 0.6 is 11.8 Å². The summed E-state index contributed by atoms with van der Waals surface area (Å²) in [6, 6.07) is 20.3. The average molecular weight is 429 g/mol. The third-order valence-corrected chi connectivity index (χ3v) is 6.31. The van der Waals surface area contributed by atoms with Gasteiger partial charge >= 0.3 is 0 Å². The normalized spacial score (nSPS) is 16.8. The zero-order valence-corrected chi connectivity index (χ0v) is 18.0. The Morgan fingerprint density at radius 1 is 1.00 bits per heavy atom. The second kappa shape index (κ2) is 8.96. The van der Waals surface area contributed by atoms with Crippen molar-refractivity contribution in [2.45, 2.75) is 35.3 Å². The SMILES string of the molecule is Nc1cccc(Sc2ccc3c(C=Cc4ccccn4)nn(C4CCCCO4)c3c2)c1. The minimum Gasteiger partial charge on any atom is -0.399 e. The largest absolute Gasteiger partial charge is 0.399 e. The van der Waals surface area contributed by atoms with Gasteiger partial charge < -0.3 is 10.5 Å². The minimum absolute atomic E-state index is 0.0270. The summed E-state index contributed by atoms with van der Waals surface area (Å²) in [6.07, 6.45) is 9.05. The summed E-state index contributed by atoms with van der Waals surface area (Å²) in [6.45, 7) is 0.781. The van der Waals surface area contributed by atoms with Crippen LogP contribution in [0.2, 0.25) is 0 Å². The second-order valence-electron chi connectivity index (χ2n) is 7.59. The molecular formula is C25H24N4OS. The van der Waals surface area contributed by atoms with Crippen LogP contribution in [0.25, 0.3) is 23.1 Å². The molecule has 2 aromatic carbocycles. The first kappa shape index (κ1) is 19.8. The van der Waals surface area contributed by atoms with Crippen molar-refractivity contribution < 1.29 is 4.74 Å². The molecule has 0 radical (unpaired) electrons. The summed E-state index contributed by atoms with van der Waals surface area (Å²) in [7, 11) is 0. The maximum Gasteiger partial charge on any atom is 0.150 e. The molecule has 2 N–H and O–H groups in total. The molecule has 31 heavy (non-hydrogen) atoms. The van der Waals surface area contributed by atoms with Gasteiger partial charge in [-0.3, -0.25) is 4.98 Å². The molecule has 4 aromatic rings. The highest BCUT2D eigenvalue weighted by atomic mass is 32.2. The van der Waals surface area contributed by atoms with Gasteiger partial charge in [0.15, 0.2) is 6.23 Å².